The molecule has 46 heavy (non-hydrogen) atoms. The molecule has 12 heteroatoms. The van der Waals surface area contributed by atoms with Gasteiger partial charge in [0.15, 0.2) is 10.1 Å². The molecule has 0 bridgehead atoms. The second-order valence-electron chi connectivity index (χ2n) is 11.0. The molecule has 1 fully saturated rings. The van der Waals surface area contributed by atoms with E-state index < -0.39 is 17.7 Å². The molecule has 3 aromatic heterocycles. The summed E-state index contributed by atoms with van der Waals surface area (Å²) < 4.78 is 8.48. The van der Waals surface area contributed by atoms with Gasteiger partial charge in [0.05, 0.1) is 23.9 Å². The Hall–Kier alpha value is -4.19. The van der Waals surface area contributed by atoms with Gasteiger partial charge in [0.1, 0.15) is 17.1 Å². The predicted molar refractivity (Wildman–Crippen MR) is 182 cm³/mol. The summed E-state index contributed by atoms with van der Waals surface area (Å²) in [6, 6.07) is 17.7. The van der Waals surface area contributed by atoms with E-state index in [1.165, 1.54) is 28.0 Å². The van der Waals surface area contributed by atoms with Crippen LogP contribution in [0.3, 0.4) is 0 Å². The first kappa shape index (κ1) is 31.8. The zero-order valence-electron chi connectivity index (χ0n) is 25.6. The monoisotopic (exact) mass is 673 g/mol. The SMILES string of the molecule is CCCCCOc1cccc(C2C(=C(O)c3nc4c(C)cccn4c3C)C(=O)C(=O)N2c2nnc(SCc3ccccc3Cl)s2)c1. The summed E-state index contributed by atoms with van der Waals surface area (Å²) in [5.74, 6) is -0.825. The van der Waals surface area contributed by atoms with E-state index in [9.17, 15) is 14.7 Å². The lowest BCUT2D eigenvalue weighted by atomic mass is 9.96. The summed E-state index contributed by atoms with van der Waals surface area (Å²) in [4.78, 5) is 33.6. The van der Waals surface area contributed by atoms with Gasteiger partial charge in [0.2, 0.25) is 5.13 Å². The van der Waals surface area contributed by atoms with Crippen molar-refractivity contribution >= 4 is 62.9 Å². The number of fused-ring (bicyclic) bond motifs is 1. The summed E-state index contributed by atoms with van der Waals surface area (Å²) in [7, 11) is 0. The van der Waals surface area contributed by atoms with E-state index in [1.54, 1.807) is 6.07 Å². The van der Waals surface area contributed by atoms with Gasteiger partial charge >= 0.3 is 5.91 Å². The number of carbonyl (C=O) groups is 2. The molecule has 0 spiro atoms. The molecule has 236 valence electrons. The average molecular weight is 674 g/mol. The van der Waals surface area contributed by atoms with Crippen LogP contribution in [0.2, 0.25) is 5.02 Å². The van der Waals surface area contributed by atoms with Crippen LogP contribution in [-0.4, -0.2) is 43.0 Å². The van der Waals surface area contributed by atoms with Gasteiger partial charge in [-0.05, 0) is 61.2 Å². The maximum atomic E-state index is 13.8. The zero-order valence-corrected chi connectivity index (χ0v) is 28.0. The van der Waals surface area contributed by atoms with Crippen molar-refractivity contribution in [2.45, 2.75) is 56.2 Å². The fourth-order valence-corrected chi connectivity index (χ4v) is 7.60. The maximum Gasteiger partial charge on any atom is 0.301 e. The minimum atomic E-state index is -0.987. The molecule has 1 N–H and O–H groups in total. The first-order valence-corrected chi connectivity index (χ1v) is 17.1. The number of benzene rings is 2. The number of carbonyl (C=O) groups excluding carboxylic acids is 2. The molecule has 1 unspecified atom stereocenters. The third kappa shape index (κ3) is 6.14. The number of rotatable bonds is 11. The number of hydrogen-bond donors (Lipinski definition) is 1. The van der Waals surface area contributed by atoms with Crippen molar-refractivity contribution < 1.29 is 19.4 Å². The van der Waals surface area contributed by atoms with Crippen LogP contribution in [0.25, 0.3) is 11.4 Å². The van der Waals surface area contributed by atoms with Crippen molar-refractivity contribution in [3.63, 3.8) is 0 Å². The highest BCUT2D eigenvalue weighted by Crippen LogP contribution is 2.45. The number of aromatic nitrogens is 4. The Labute approximate surface area is 279 Å². The summed E-state index contributed by atoms with van der Waals surface area (Å²) in [6.07, 6.45) is 4.87. The van der Waals surface area contributed by atoms with Crippen LogP contribution in [0.5, 0.6) is 5.75 Å². The standard InChI is InChI=1S/C34H32ClN5O4S2/c1-4-5-8-17-44-24-14-9-13-22(18-24)28-26(29(41)27-21(3)39-16-10-11-20(2)31(39)36-27)30(42)32(43)40(28)33-37-38-34(46-33)45-19-23-12-6-7-15-25(23)35/h6-7,9-16,18,28,41H,4-5,8,17,19H2,1-3H3. The number of halogens is 1. The van der Waals surface area contributed by atoms with E-state index in [4.69, 9.17) is 21.3 Å². The minimum absolute atomic E-state index is 0.0715. The Morgan fingerprint density at radius 3 is 2.67 bits per heavy atom. The Bertz CT molecular complexity index is 1970. The highest BCUT2D eigenvalue weighted by molar-refractivity contribution is 8.00. The number of unbranched alkanes of at least 4 members (excludes halogenated alkanes) is 2. The maximum absolute atomic E-state index is 13.8. The van der Waals surface area contributed by atoms with Gasteiger partial charge in [0, 0.05) is 17.0 Å². The highest BCUT2D eigenvalue weighted by Gasteiger charge is 2.49. The summed E-state index contributed by atoms with van der Waals surface area (Å²) in [5.41, 5.74) is 3.90. The number of ketones is 1. The van der Waals surface area contributed by atoms with E-state index in [-0.39, 0.29) is 22.2 Å². The Balaban J connectivity index is 1.42. The summed E-state index contributed by atoms with van der Waals surface area (Å²) >= 11 is 8.97. The lowest BCUT2D eigenvalue weighted by molar-refractivity contribution is -0.132. The number of anilines is 1. The molecule has 1 amide bonds. The molecule has 4 heterocycles. The molecule has 1 aliphatic heterocycles. The number of imidazole rings is 1. The molecule has 0 aliphatic carbocycles. The third-order valence-electron chi connectivity index (χ3n) is 7.85. The van der Waals surface area contributed by atoms with Crippen LogP contribution in [0.1, 0.15) is 60.3 Å². The van der Waals surface area contributed by atoms with E-state index >= 15 is 0 Å². The molecule has 2 aromatic carbocycles. The van der Waals surface area contributed by atoms with Crippen molar-refractivity contribution in [2.75, 3.05) is 11.5 Å². The number of Topliss-reactive ketones (excluding diaryl/α,β-unsaturated/α-hetero) is 1. The molecular formula is C34H32ClN5O4S2. The minimum Gasteiger partial charge on any atom is -0.505 e. The first-order valence-electron chi connectivity index (χ1n) is 15.0. The van der Waals surface area contributed by atoms with Crippen LogP contribution in [0.15, 0.2) is 76.8 Å². The molecule has 0 saturated carbocycles. The highest BCUT2D eigenvalue weighted by atomic mass is 35.5. The number of pyridine rings is 1. The van der Waals surface area contributed by atoms with Crippen LogP contribution in [-0.2, 0) is 15.3 Å². The molecule has 1 atom stereocenters. The first-order chi connectivity index (χ1) is 22.3. The molecule has 9 nitrogen and oxygen atoms in total. The quantitative estimate of drug-likeness (QED) is 0.0376. The van der Waals surface area contributed by atoms with E-state index in [0.29, 0.717) is 44.4 Å². The lowest BCUT2D eigenvalue weighted by Gasteiger charge is -2.23. The van der Waals surface area contributed by atoms with Gasteiger partial charge in [-0.1, -0.05) is 90.9 Å². The van der Waals surface area contributed by atoms with Crippen molar-refractivity contribution in [1.29, 1.82) is 0 Å². The number of amides is 1. The number of hydrogen-bond acceptors (Lipinski definition) is 9. The van der Waals surface area contributed by atoms with E-state index in [0.717, 1.165) is 30.4 Å². The smallest absolute Gasteiger partial charge is 0.301 e. The summed E-state index contributed by atoms with van der Waals surface area (Å²) in [5, 5.41) is 21.3. The second-order valence-corrected chi connectivity index (χ2v) is 13.5. The molecular weight excluding hydrogens is 642 g/mol. The van der Waals surface area contributed by atoms with E-state index in [2.05, 4.69) is 17.1 Å². The predicted octanol–water partition coefficient (Wildman–Crippen LogP) is 7.94. The Kier molecular flexibility index (Phi) is 9.44. The van der Waals surface area contributed by atoms with Gasteiger partial charge < -0.3 is 14.2 Å². The number of ether oxygens (including phenoxy) is 1. The van der Waals surface area contributed by atoms with E-state index in [1.807, 2.05) is 79.0 Å². The fourth-order valence-electron chi connectivity index (χ4n) is 5.45. The van der Waals surface area contributed by atoms with Crippen molar-refractivity contribution in [3.05, 3.63) is 106 Å². The van der Waals surface area contributed by atoms with Crippen molar-refractivity contribution in [2.24, 2.45) is 0 Å². The van der Waals surface area contributed by atoms with Crippen molar-refractivity contribution in [1.82, 2.24) is 19.6 Å². The molecule has 6 rings (SSSR count). The second kappa shape index (κ2) is 13.7. The Morgan fingerprint density at radius 2 is 1.89 bits per heavy atom. The van der Waals surface area contributed by atoms with Gasteiger partial charge in [0.25, 0.3) is 5.78 Å². The van der Waals surface area contributed by atoms with Crippen LogP contribution in [0.4, 0.5) is 5.13 Å². The molecule has 5 aromatic rings. The van der Waals surface area contributed by atoms with Crippen LogP contribution < -0.4 is 9.64 Å². The summed E-state index contributed by atoms with van der Waals surface area (Å²) in [6.45, 7) is 6.41. The van der Waals surface area contributed by atoms with Gasteiger partial charge in [-0.2, -0.15) is 0 Å². The van der Waals surface area contributed by atoms with Gasteiger partial charge in [-0.15, -0.1) is 10.2 Å². The number of aliphatic hydroxyl groups is 1. The lowest BCUT2D eigenvalue weighted by Crippen LogP contribution is -2.29. The number of thioether (sulfide) groups is 1. The average Bonchev–Trinajstić information content (AvgIpc) is 3.74. The fraction of sp³-hybridized carbons (Fsp3) is 0.265. The Morgan fingerprint density at radius 1 is 1.07 bits per heavy atom. The normalized spacial score (nSPS) is 16.1. The largest absolute Gasteiger partial charge is 0.505 e. The third-order valence-corrected chi connectivity index (χ3v) is 10.3. The number of aliphatic hydroxyl groups excluding tert-OH is 1. The van der Waals surface area contributed by atoms with Gasteiger partial charge in [-0.25, -0.2) is 4.98 Å². The molecule has 1 saturated heterocycles. The van der Waals surface area contributed by atoms with Crippen LogP contribution in [0, 0.1) is 13.8 Å². The van der Waals surface area contributed by atoms with Crippen molar-refractivity contribution in [3.8, 4) is 5.75 Å². The van der Waals surface area contributed by atoms with Crippen LogP contribution >= 0.6 is 34.7 Å². The molecule has 0 radical (unpaired) electrons. The van der Waals surface area contributed by atoms with Gasteiger partial charge in [-0.3, -0.25) is 14.5 Å². The number of nitrogens with zero attached hydrogens (tertiary/aromatic N) is 5. The zero-order chi connectivity index (χ0) is 32.4. The number of aryl methyl sites for hydroxylation is 2. The topological polar surface area (TPSA) is 110 Å². The molecule has 1 aliphatic rings.